The quantitative estimate of drug-likeness (QED) is 0.691. The highest BCUT2D eigenvalue weighted by atomic mass is 19.1. The first-order valence-electron chi connectivity index (χ1n) is 5.57. The summed E-state index contributed by atoms with van der Waals surface area (Å²) in [5, 5.41) is 0. The van der Waals surface area contributed by atoms with Gasteiger partial charge in [0.05, 0.1) is 18.2 Å². The first-order chi connectivity index (χ1) is 6.56. The molecule has 0 spiro atoms. The molecule has 82 valence electrons. The number of hydrogen-bond donors (Lipinski definition) is 0. The maximum atomic E-state index is 13.5. The van der Waals surface area contributed by atoms with E-state index in [2.05, 4.69) is 4.90 Å². The lowest BCUT2D eigenvalue weighted by atomic mass is 9.78. The zero-order chi connectivity index (χ0) is 10.3. The number of rotatable bonds is 3. The first-order valence-corrected chi connectivity index (χ1v) is 5.57. The molecule has 2 heterocycles. The smallest absolute Gasteiger partial charge is 0.117 e. The predicted octanol–water partition coefficient (Wildman–Crippen LogP) is 1.84. The predicted molar refractivity (Wildman–Crippen MR) is 54.1 cm³/mol. The van der Waals surface area contributed by atoms with Crippen LogP contribution in [0, 0.1) is 5.92 Å². The van der Waals surface area contributed by atoms with Crippen molar-refractivity contribution in [3.8, 4) is 0 Å². The Morgan fingerprint density at radius 1 is 1.57 bits per heavy atom. The number of ether oxygens (including phenoxy) is 1. The van der Waals surface area contributed by atoms with Gasteiger partial charge in [0.15, 0.2) is 0 Å². The lowest BCUT2D eigenvalue weighted by Gasteiger charge is -2.50. The van der Waals surface area contributed by atoms with Gasteiger partial charge in [0.1, 0.15) is 6.17 Å². The summed E-state index contributed by atoms with van der Waals surface area (Å²) in [6.07, 6.45) is 0.687. The summed E-state index contributed by atoms with van der Waals surface area (Å²) in [5.74, 6) is 0.134. The fourth-order valence-corrected chi connectivity index (χ4v) is 2.66. The average molecular weight is 201 g/mol. The highest BCUT2D eigenvalue weighted by Gasteiger charge is 2.57. The van der Waals surface area contributed by atoms with Crippen molar-refractivity contribution in [3.05, 3.63) is 0 Å². The van der Waals surface area contributed by atoms with Crippen LogP contribution in [0.4, 0.5) is 4.39 Å². The maximum Gasteiger partial charge on any atom is 0.117 e. The van der Waals surface area contributed by atoms with E-state index in [0.717, 1.165) is 13.0 Å². The zero-order valence-electron chi connectivity index (χ0n) is 9.29. The fraction of sp³-hybridized carbons (Fsp3) is 1.00. The van der Waals surface area contributed by atoms with Gasteiger partial charge < -0.3 is 4.74 Å². The van der Waals surface area contributed by atoms with Crippen LogP contribution in [0.25, 0.3) is 0 Å². The van der Waals surface area contributed by atoms with Gasteiger partial charge in [-0.25, -0.2) is 4.39 Å². The molecule has 2 nitrogen and oxygen atoms in total. The molecule has 0 aromatic carbocycles. The molecule has 0 aromatic heterocycles. The lowest BCUT2D eigenvalue weighted by molar-refractivity contribution is -0.0830. The molecule has 2 fully saturated rings. The molecular weight excluding hydrogens is 181 g/mol. The van der Waals surface area contributed by atoms with Gasteiger partial charge in [-0.2, -0.15) is 0 Å². The minimum absolute atomic E-state index is 0.0314. The molecule has 0 saturated carbocycles. The molecule has 2 aliphatic rings. The second-order valence-electron chi connectivity index (χ2n) is 4.96. The number of hydrogen-bond acceptors (Lipinski definition) is 2. The molecule has 0 aromatic rings. The Labute approximate surface area is 85.4 Å². The molecule has 0 N–H and O–H groups in total. The summed E-state index contributed by atoms with van der Waals surface area (Å²) in [6, 6.07) is 0. The standard InChI is InChI=1S/C11H20FNO/c1-8(2)14-7-11-4-5-13(11)6-10(12)9(11)3/h8-10H,4-7H2,1-3H3/t9-,10-,11+/m0/s1. The van der Waals surface area contributed by atoms with Crippen molar-refractivity contribution >= 4 is 0 Å². The van der Waals surface area contributed by atoms with Crippen molar-refractivity contribution in [3.63, 3.8) is 0 Å². The summed E-state index contributed by atoms with van der Waals surface area (Å²) < 4.78 is 19.2. The third-order valence-corrected chi connectivity index (χ3v) is 3.90. The molecule has 0 aliphatic carbocycles. The number of halogens is 1. The van der Waals surface area contributed by atoms with E-state index in [4.69, 9.17) is 4.74 Å². The number of fused-ring (bicyclic) bond motifs is 1. The molecule has 0 radical (unpaired) electrons. The van der Waals surface area contributed by atoms with Crippen molar-refractivity contribution in [1.29, 1.82) is 0 Å². The molecule has 0 unspecified atom stereocenters. The van der Waals surface area contributed by atoms with Crippen LogP contribution >= 0.6 is 0 Å². The molecule has 14 heavy (non-hydrogen) atoms. The Kier molecular flexibility index (Phi) is 2.56. The minimum Gasteiger partial charge on any atom is -0.377 e. The molecule has 3 atom stereocenters. The number of nitrogens with zero attached hydrogens (tertiary/aromatic N) is 1. The Morgan fingerprint density at radius 2 is 2.29 bits per heavy atom. The third kappa shape index (κ3) is 1.38. The first kappa shape index (κ1) is 10.4. The van der Waals surface area contributed by atoms with Gasteiger partial charge in [-0.1, -0.05) is 6.92 Å². The highest BCUT2D eigenvalue weighted by molar-refractivity contribution is 5.11. The van der Waals surface area contributed by atoms with Gasteiger partial charge in [0.25, 0.3) is 0 Å². The molecule has 0 amide bonds. The number of alkyl halides is 1. The van der Waals surface area contributed by atoms with Crippen LogP contribution in [0.3, 0.4) is 0 Å². The largest absolute Gasteiger partial charge is 0.377 e. The highest BCUT2D eigenvalue weighted by Crippen LogP contribution is 2.46. The normalized spacial score (nSPS) is 42.6. The van der Waals surface area contributed by atoms with E-state index in [-0.39, 0.29) is 17.6 Å². The summed E-state index contributed by atoms with van der Waals surface area (Å²) in [4.78, 5) is 2.25. The summed E-state index contributed by atoms with van der Waals surface area (Å²) in [6.45, 7) is 8.45. The third-order valence-electron chi connectivity index (χ3n) is 3.90. The molecule has 2 aliphatic heterocycles. The SMILES string of the molecule is CC(C)OC[C@@]12CCN1C[C@H](F)[C@@H]2C. The van der Waals surface area contributed by atoms with Gasteiger partial charge in [-0.15, -0.1) is 0 Å². The van der Waals surface area contributed by atoms with E-state index in [0.29, 0.717) is 13.2 Å². The minimum atomic E-state index is -0.659. The van der Waals surface area contributed by atoms with Crippen molar-refractivity contribution in [2.45, 2.75) is 45.0 Å². The summed E-state index contributed by atoms with van der Waals surface area (Å²) >= 11 is 0. The van der Waals surface area contributed by atoms with Crippen LogP contribution < -0.4 is 0 Å². The van der Waals surface area contributed by atoms with Crippen molar-refractivity contribution in [2.24, 2.45) is 5.92 Å². The Balaban J connectivity index is 2.00. The second kappa shape index (κ2) is 3.46. The van der Waals surface area contributed by atoms with Gasteiger partial charge >= 0.3 is 0 Å². The van der Waals surface area contributed by atoms with E-state index in [1.807, 2.05) is 20.8 Å². The van der Waals surface area contributed by atoms with Crippen LogP contribution in [0.2, 0.25) is 0 Å². The van der Waals surface area contributed by atoms with Crippen molar-refractivity contribution < 1.29 is 9.13 Å². The topological polar surface area (TPSA) is 12.5 Å². The Morgan fingerprint density at radius 3 is 2.71 bits per heavy atom. The summed E-state index contributed by atoms with van der Waals surface area (Å²) in [5.41, 5.74) is 0.0314. The molecule has 0 bridgehead atoms. The second-order valence-corrected chi connectivity index (χ2v) is 4.96. The lowest BCUT2D eigenvalue weighted by Crippen LogP contribution is -2.61. The maximum absolute atomic E-state index is 13.5. The van der Waals surface area contributed by atoms with E-state index in [1.165, 1.54) is 0 Å². The van der Waals surface area contributed by atoms with Crippen LogP contribution in [-0.2, 0) is 4.74 Å². The van der Waals surface area contributed by atoms with Gasteiger partial charge in [0.2, 0.25) is 0 Å². The fourth-order valence-electron chi connectivity index (χ4n) is 2.66. The van der Waals surface area contributed by atoms with Crippen LogP contribution in [0.1, 0.15) is 27.2 Å². The Bertz CT molecular complexity index is 221. The van der Waals surface area contributed by atoms with E-state index in [1.54, 1.807) is 0 Å². The molecular formula is C11H20FNO. The summed E-state index contributed by atoms with van der Waals surface area (Å²) in [7, 11) is 0. The van der Waals surface area contributed by atoms with E-state index < -0.39 is 6.17 Å². The van der Waals surface area contributed by atoms with Crippen LogP contribution in [-0.4, -0.2) is 42.4 Å². The monoisotopic (exact) mass is 201 g/mol. The molecule has 2 rings (SSSR count). The van der Waals surface area contributed by atoms with Crippen molar-refractivity contribution in [2.75, 3.05) is 19.7 Å². The van der Waals surface area contributed by atoms with Gasteiger partial charge in [-0.05, 0) is 20.3 Å². The molecule has 3 heteroatoms. The van der Waals surface area contributed by atoms with E-state index >= 15 is 0 Å². The Hall–Kier alpha value is -0.150. The van der Waals surface area contributed by atoms with Gasteiger partial charge in [0, 0.05) is 19.0 Å². The molecule has 2 saturated heterocycles. The zero-order valence-corrected chi connectivity index (χ0v) is 9.29. The van der Waals surface area contributed by atoms with Crippen LogP contribution in [0.15, 0.2) is 0 Å². The van der Waals surface area contributed by atoms with Crippen LogP contribution in [0.5, 0.6) is 0 Å². The van der Waals surface area contributed by atoms with Gasteiger partial charge in [-0.3, -0.25) is 4.90 Å². The van der Waals surface area contributed by atoms with Crippen molar-refractivity contribution in [1.82, 2.24) is 4.90 Å². The average Bonchev–Trinajstić information content (AvgIpc) is 2.25. The van der Waals surface area contributed by atoms with E-state index in [9.17, 15) is 4.39 Å².